The molecule has 1 aliphatic carbocycles. The van der Waals surface area contributed by atoms with E-state index < -0.39 is 9.84 Å². The lowest BCUT2D eigenvalue weighted by Gasteiger charge is -2.32. The fourth-order valence-electron chi connectivity index (χ4n) is 5.10. The second-order valence-corrected chi connectivity index (χ2v) is 11.1. The first-order chi connectivity index (χ1) is 15.3. The molecule has 0 radical (unpaired) electrons. The zero-order chi connectivity index (χ0) is 22.5. The average molecular weight is 452 g/mol. The summed E-state index contributed by atoms with van der Waals surface area (Å²) in [6, 6.07) is 11.9. The van der Waals surface area contributed by atoms with E-state index in [9.17, 15) is 12.8 Å². The molecule has 1 atom stereocenters. The highest BCUT2D eigenvalue weighted by atomic mass is 32.2. The SMILES string of the molecule is C[C@@H](c1nc2ccc(S(C)(=O)=O)cc2[nH]1)[C@H]1CC[C@@H](c2ccnc3ccc(F)cc32)CC1. The van der Waals surface area contributed by atoms with Crippen molar-refractivity contribution >= 4 is 31.8 Å². The lowest BCUT2D eigenvalue weighted by molar-refractivity contribution is 0.286. The molecule has 0 amide bonds. The largest absolute Gasteiger partial charge is 0.342 e. The van der Waals surface area contributed by atoms with Gasteiger partial charge in [-0.3, -0.25) is 4.98 Å². The molecule has 0 saturated heterocycles. The van der Waals surface area contributed by atoms with Crippen LogP contribution in [0.15, 0.2) is 53.6 Å². The molecular formula is C25H26FN3O2S. The van der Waals surface area contributed by atoms with Gasteiger partial charge in [0.15, 0.2) is 9.84 Å². The van der Waals surface area contributed by atoms with Gasteiger partial charge in [-0.2, -0.15) is 0 Å². The van der Waals surface area contributed by atoms with Crippen LogP contribution in [0.2, 0.25) is 0 Å². The highest BCUT2D eigenvalue weighted by Gasteiger charge is 2.29. The van der Waals surface area contributed by atoms with E-state index in [0.29, 0.717) is 16.7 Å². The van der Waals surface area contributed by atoms with E-state index >= 15 is 0 Å². The Kier molecular flexibility index (Phi) is 5.24. The van der Waals surface area contributed by atoms with Gasteiger partial charge in [0, 0.05) is 23.8 Å². The highest BCUT2D eigenvalue weighted by molar-refractivity contribution is 7.90. The van der Waals surface area contributed by atoms with Gasteiger partial charge in [0.25, 0.3) is 0 Å². The maximum absolute atomic E-state index is 13.8. The maximum atomic E-state index is 13.8. The minimum absolute atomic E-state index is 0.224. The molecule has 0 spiro atoms. The lowest BCUT2D eigenvalue weighted by Crippen LogP contribution is -2.19. The fourth-order valence-corrected chi connectivity index (χ4v) is 5.75. The zero-order valence-corrected chi connectivity index (χ0v) is 19.0. The second kappa shape index (κ2) is 7.96. The van der Waals surface area contributed by atoms with E-state index in [1.54, 1.807) is 30.3 Å². The molecule has 1 fully saturated rings. The molecule has 1 saturated carbocycles. The van der Waals surface area contributed by atoms with E-state index in [1.165, 1.54) is 17.9 Å². The van der Waals surface area contributed by atoms with Crippen LogP contribution in [0.4, 0.5) is 4.39 Å². The molecule has 1 aliphatic rings. The summed E-state index contributed by atoms with van der Waals surface area (Å²) in [7, 11) is -3.25. The van der Waals surface area contributed by atoms with Gasteiger partial charge in [-0.05, 0) is 85.5 Å². The van der Waals surface area contributed by atoms with E-state index in [-0.39, 0.29) is 11.7 Å². The standard InChI is InChI=1S/C25H26FN3O2S/c1-15(25-28-23-10-8-19(32(2,30)31)14-24(23)29-25)16-3-5-17(6-4-16)20-11-12-27-22-9-7-18(26)13-21(20)22/h7-17H,3-6H2,1-2H3,(H,28,29)/t15-,16-,17+/m1/s1. The van der Waals surface area contributed by atoms with Crippen LogP contribution in [0, 0.1) is 11.7 Å². The molecule has 5 nitrogen and oxygen atoms in total. The number of nitrogens with zero attached hydrogens (tertiary/aromatic N) is 2. The predicted molar refractivity (Wildman–Crippen MR) is 124 cm³/mol. The molecule has 1 N–H and O–H groups in total. The number of hydrogen-bond donors (Lipinski definition) is 1. The minimum atomic E-state index is -3.25. The predicted octanol–water partition coefficient (Wildman–Crippen LogP) is 5.73. The lowest BCUT2D eigenvalue weighted by atomic mass is 9.73. The number of aromatic amines is 1. The first-order valence-corrected chi connectivity index (χ1v) is 12.9. The number of H-pyrrole nitrogens is 1. The quantitative estimate of drug-likeness (QED) is 0.430. The van der Waals surface area contributed by atoms with Gasteiger partial charge in [-0.25, -0.2) is 17.8 Å². The summed E-state index contributed by atoms with van der Waals surface area (Å²) in [4.78, 5) is 12.8. The van der Waals surface area contributed by atoms with E-state index in [2.05, 4.69) is 16.9 Å². The van der Waals surface area contributed by atoms with Gasteiger partial charge in [-0.15, -0.1) is 0 Å². The first kappa shape index (κ1) is 21.1. The zero-order valence-electron chi connectivity index (χ0n) is 18.2. The maximum Gasteiger partial charge on any atom is 0.175 e. The van der Waals surface area contributed by atoms with Crippen LogP contribution in [0.1, 0.15) is 55.8 Å². The molecule has 4 aromatic rings. The van der Waals surface area contributed by atoms with Crippen LogP contribution >= 0.6 is 0 Å². The van der Waals surface area contributed by atoms with Crippen LogP contribution in [0.3, 0.4) is 0 Å². The molecule has 5 rings (SSSR count). The van der Waals surface area contributed by atoms with Crippen LogP contribution < -0.4 is 0 Å². The Morgan fingerprint density at radius 1 is 1.03 bits per heavy atom. The smallest absolute Gasteiger partial charge is 0.175 e. The normalized spacial score (nSPS) is 20.6. The summed E-state index contributed by atoms with van der Waals surface area (Å²) < 4.78 is 37.6. The summed E-state index contributed by atoms with van der Waals surface area (Å²) in [6.07, 6.45) is 7.26. The van der Waals surface area contributed by atoms with Crippen LogP contribution in [0.25, 0.3) is 21.9 Å². The molecular weight excluding hydrogens is 425 g/mol. The van der Waals surface area contributed by atoms with Crippen LogP contribution in [0.5, 0.6) is 0 Å². The van der Waals surface area contributed by atoms with Crippen molar-refractivity contribution in [2.75, 3.05) is 6.26 Å². The summed E-state index contributed by atoms with van der Waals surface area (Å²) in [5.41, 5.74) is 3.58. The number of hydrogen-bond acceptors (Lipinski definition) is 4. The molecule has 0 aliphatic heterocycles. The molecule has 2 aromatic heterocycles. The van der Waals surface area contributed by atoms with Gasteiger partial charge >= 0.3 is 0 Å². The number of rotatable bonds is 4. The number of aromatic nitrogens is 3. The Hall–Kier alpha value is -2.80. The van der Waals surface area contributed by atoms with Crippen molar-refractivity contribution in [1.82, 2.24) is 15.0 Å². The van der Waals surface area contributed by atoms with Gasteiger partial charge < -0.3 is 4.98 Å². The van der Waals surface area contributed by atoms with Crippen molar-refractivity contribution in [3.8, 4) is 0 Å². The molecule has 0 unspecified atom stereocenters. The van der Waals surface area contributed by atoms with Crippen molar-refractivity contribution in [2.24, 2.45) is 5.92 Å². The first-order valence-electron chi connectivity index (χ1n) is 11.0. The van der Waals surface area contributed by atoms with Crippen molar-refractivity contribution < 1.29 is 12.8 Å². The van der Waals surface area contributed by atoms with Gasteiger partial charge in [0.05, 0.1) is 21.4 Å². The summed E-state index contributed by atoms with van der Waals surface area (Å²) in [5, 5.41) is 0.919. The van der Waals surface area contributed by atoms with Gasteiger partial charge in [-0.1, -0.05) is 6.92 Å². The topological polar surface area (TPSA) is 75.7 Å². The highest BCUT2D eigenvalue weighted by Crippen LogP contribution is 2.43. The Bertz CT molecular complexity index is 1410. The van der Waals surface area contributed by atoms with Crippen molar-refractivity contribution in [2.45, 2.75) is 49.3 Å². The molecule has 7 heteroatoms. The number of sulfone groups is 1. The minimum Gasteiger partial charge on any atom is -0.342 e. The Morgan fingerprint density at radius 2 is 1.78 bits per heavy atom. The van der Waals surface area contributed by atoms with E-state index in [0.717, 1.165) is 53.4 Å². The molecule has 2 aromatic carbocycles. The van der Waals surface area contributed by atoms with Crippen molar-refractivity contribution in [3.05, 3.63) is 65.9 Å². The molecule has 2 heterocycles. The number of fused-ring (bicyclic) bond motifs is 2. The molecule has 32 heavy (non-hydrogen) atoms. The Labute approximate surface area is 187 Å². The monoisotopic (exact) mass is 451 g/mol. The Morgan fingerprint density at radius 3 is 2.53 bits per heavy atom. The number of imidazole rings is 1. The van der Waals surface area contributed by atoms with E-state index in [1.807, 2.05) is 12.3 Å². The van der Waals surface area contributed by atoms with Gasteiger partial charge in [0.1, 0.15) is 11.6 Å². The Balaban J connectivity index is 1.34. The average Bonchev–Trinajstić information content (AvgIpc) is 3.21. The second-order valence-electron chi connectivity index (χ2n) is 9.04. The number of pyridine rings is 1. The summed E-state index contributed by atoms with van der Waals surface area (Å²) in [6.45, 7) is 2.19. The van der Waals surface area contributed by atoms with Crippen LogP contribution in [-0.2, 0) is 9.84 Å². The van der Waals surface area contributed by atoms with Crippen LogP contribution in [-0.4, -0.2) is 29.6 Å². The van der Waals surface area contributed by atoms with Gasteiger partial charge in [0.2, 0.25) is 0 Å². The summed E-state index contributed by atoms with van der Waals surface area (Å²) in [5.74, 6) is 1.82. The molecule has 166 valence electrons. The fraction of sp³-hybridized carbons (Fsp3) is 0.360. The van der Waals surface area contributed by atoms with E-state index in [4.69, 9.17) is 4.98 Å². The van der Waals surface area contributed by atoms with Crippen molar-refractivity contribution in [3.63, 3.8) is 0 Å². The number of benzene rings is 2. The molecule has 0 bridgehead atoms. The number of halogens is 1. The third-order valence-electron chi connectivity index (χ3n) is 6.99. The third kappa shape index (κ3) is 3.90. The number of nitrogens with one attached hydrogen (secondary N) is 1. The van der Waals surface area contributed by atoms with Crippen molar-refractivity contribution in [1.29, 1.82) is 0 Å². The summed E-state index contributed by atoms with van der Waals surface area (Å²) >= 11 is 0. The third-order valence-corrected chi connectivity index (χ3v) is 8.10.